The normalized spacial score (nSPS) is 9.64. The summed E-state index contributed by atoms with van der Waals surface area (Å²) in [6.07, 6.45) is 1.62. The van der Waals surface area contributed by atoms with Crippen molar-refractivity contribution in [2.75, 3.05) is 11.9 Å². The van der Waals surface area contributed by atoms with E-state index in [9.17, 15) is 4.79 Å². The van der Waals surface area contributed by atoms with Gasteiger partial charge in [-0.05, 0) is 15.9 Å². The first-order chi connectivity index (χ1) is 5.11. The molecule has 0 aliphatic heterocycles. The fourth-order valence-corrected chi connectivity index (χ4v) is 1.64. The Hall–Kier alpha value is -0.620. The van der Waals surface area contributed by atoms with Gasteiger partial charge in [0.15, 0.2) is 5.13 Å². The molecule has 11 heavy (non-hydrogen) atoms. The zero-order valence-electron chi connectivity index (χ0n) is 5.74. The third kappa shape index (κ3) is 1.90. The van der Waals surface area contributed by atoms with Gasteiger partial charge in [-0.2, -0.15) is 0 Å². The third-order valence-electron chi connectivity index (χ3n) is 1.08. The van der Waals surface area contributed by atoms with E-state index >= 15 is 0 Å². The highest BCUT2D eigenvalue weighted by atomic mass is 79.9. The molecule has 60 valence electrons. The number of anilines is 1. The number of carbonyl (C=O) groups excluding carboxylic acids is 1. The molecule has 0 fully saturated rings. The van der Waals surface area contributed by atoms with E-state index in [0.29, 0.717) is 5.13 Å². The van der Waals surface area contributed by atoms with Crippen molar-refractivity contribution >= 4 is 38.4 Å². The summed E-state index contributed by atoms with van der Waals surface area (Å²) in [7, 11) is 1.58. The van der Waals surface area contributed by atoms with E-state index in [1.165, 1.54) is 16.2 Å². The van der Waals surface area contributed by atoms with Gasteiger partial charge < -0.3 is 5.73 Å². The molecule has 2 amide bonds. The van der Waals surface area contributed by atoms with Crippen LogP contribution in [0.5, 0.6) is 0 Å². The Morgan fingerprint density at radius 2 is 2.55 bits per heavy atom. The summed E-state index contributed by atoms with van der Waals surface area (Å²) in [5.74, 6) is 0. The Morgan fingerprint density at radius 3 is 2.91 bits per heavy atom. The van der Waals surface area contributed by atoms with E-state index < -0.39 is 6.03 Å². The lowest BCUT2D eigenvalue weighted by molar-refractivity contribution is 0.255. The Balaban J connectivity index is 2.84. The molecule has 2 N–H and O–H groups in total. The lowest BCUT2D eigenvalue weighted by Crippen LogP contribution is -2.31. The minimum atomic E-state index is -0.508. The number of urea groups is 1. The van der Waals surface area contributed by atoms with Gasteiger partial charge in [-0.3, -0.25) is 4.90 Å². The molecule has 0 aliphatic carbocycles. The van der Waals surface area contributed by atoms with Gasteiger partial charge in [0.25, 0.3) is 0 Å². The van der Waals surface area contributed by atoms with Crippen molar-refractivity contribution in [1.29, 1.82) is 0 Å². The summed E-state index contributed by atoms with van der Waals surface area (Å²) >= 11 is 4.58. The smallest absolute Gasteiger partial charge is 0.320 e. The number of halogens is 1. The number of hydrogen-bond acceptors (Lipinski definition) is 3. The second-order valence-corrected chi connectivity index (χ2v) is 4.23. The van der Waals surface area contributed by atoms with Crippen molar-refractivity contribution in [1.82, 2.24) is 4.98 Å². The number of hydrogen-bond donors (Lipinski definition) is 1. The highest BCUT2D eigenvalue weighted by molar-refractivity contribution is 9.11. The number of carbonyl (C=O) groups is 1. The van der Waals surface area contributed by atoms with Crippen LogP contribution in [0.2, 0.25) is 0 Å². The summed E-state index contributed by atoms with van der Waals surface area (Å²) in [5.41, 5.74) is 5.02. The Labute approximate surface area is 76.2 Å². The summed E-state index contributed by atoms with van der Waals surface area (Å²) in [5, 5.41) is 0.587. The molecule has 1 aromatic heterocycles. The van der Waals surface area contributed by atoms with Crippen LogP contribution in [0.1, 0.15) is 0 Å². The molecule has 1 heterocycles. The van der Waals surface area contributed by atoms with Crippen LogP contribution in [0, 0.1) is 0 Å². The van der Waals surface area contributed by atoms with Crippen molar-refractivity contribution in [2.45, 2.75) is 0 Å². The van der Waals surface area contributed by atoms with Crippen molar-refractivity contribution in [3.63, 3.8) is 0 Å². The Kier molecular flexibility index (Phi) is 2.45. The summed E-state index contributed by atoms with van der Waals surface area (Å²) in [4.78, 5) is 15.8. The molecular weight excluding hydrogens is 230 g/mol. The van der Waals surface area contributed by atoms with Crippen LogP contribution in [0.4, 0.5) is 9.93 Å². The van der Waals surface area contributed by atoms with Crippen LogP contribution in [0.25, 0.3) is 0 Å². The summed E-state index contributed by atoms with van der Waals surface area (Å²) in [6, 6.07) is -0.508. The predicted octanol–water partition coefficient (Wildman–Crippen LogP) is 1.42. The molecule has 4 nitrogen and oxygen atoms in total. The minimum absolute atomic E-state index is 0.508. The molecule has 0 atom stereocenters. The topological polar surface area (TPSA) is 59.2 Å². The van der Waals surface area contributed by atoms with Crippen LogP contribution >= 0.6 is 27.3 Å². The minimum Gasteiger partial charge on any atom is -0.351 e. The number of thiazole rings is 1. The van der Waals surface area contributed by atoms with Crippen molar-refractivity contribution in [3.8, 4) is 0 Å². The number of amides is 2. The van der Waals surface area contributed by atoms with Crippen LogP contribution in [-0.2, 0) is 0 Å². The summed E-state index contributed by atoms with van der Waals surface area (Å²) < 4.78 is 0.876. The lowest BCUT2D eigenvalue weighted by atomic mass is 10.8. The maximum Gasteiger partial charge on any atom is 0.320 e. The molecule has 0 unspecified atom stereocenters. The number of nitrogens with two attached hydrogens (primary N) is 1. The molecular formula is C5H6BrN3OS. The van der Waals surface area contributed by atoms with E-state index in [0.717, 1.165) is 3.79 Å². The molecule has 1 aromatic rings. The molecule has 0 saturated carbocycles. The third-order valence-corrected chi connectivity index (χ3v) is 2.64. The van der Waals surface area contributed by atoms with Crippen molar-refractivity contribution < 1.29 is 4.79 Å². The molecule has 0 saturated heterocycles. The van der Waals surface area contributed by atoms with Gasteiger partial charge in [0.1, 0.15) is 0 Å². The maximum atomic E-state index is 10.6. The quantitative estimate of drug-likeness (QED) is 0.801. The first kappa shape index (κ1) is 8.48. The van der Waals surface area contributed by atoms with Gasteiger partial charge in [0.2, 0.25) is 0 Å². The predicted molar refractivity (Wildman–Crippen MR) is 47.8 cm³/mol. The van der Waals surface area contributed by atoms with E-state index in [4.69, 9.17) is 5.73 Å². The van der Waals surface area contributed by atoms with Gasteiger partial charge in [0, 0.05) is 7.05 Å². The molecule has 6 heteroatoms. The number of aromatic nitrogens is 1. The van der Waals surface area contributed by atoms with Gasteiger partial charge in [0.05, 0.1) is 9.98 Å². The van der Waals surface area contributed by atoms with E-state index in [1.54, 1.807) is 13.2 Å². The van der Waals surface area contributed by atoms with E-state index in [1.807, 2.05) is 0 Å². The maximum absolute atomic E-state index is 10.6. The number of primary amides is 1. The molecule has 0 aliphatic rings. The fourth-order valence-electron chi connectivity index (χ4n) is 0.495. The molecule has 0 bridgehead atoms. The Morgan fingerprint density at radius 1 is 1.91 bits per heavy atom. The SMILES string of the molecule is CN(C(N)=O)c1ncc(Br)s1. The molecule has 0 radical (unpaired) electrons. The van der Waals surface area contributed by atoms with Crippen LogP contribution in [0.3, 0.4) is 0 Å². The first-order valence-electron chi connectivity index (χ1n) is 2.75. The fraction of sp³-hybridized carbons (Fsp3) is 0.200. The summed E-state index contributed by atoms with van der Waals surface area (Å²) in [6.45, 7) is 0. The van der Waals surface area contributed by atoms with Gasteiger partial charge in [-0.25, -0.2) is 9.78 Å². The number of rotatable bonds is 1. The zero-order valence-corrected chi connectivity index (χ0v) is 8.15. The van der Waals surface area contributed by atoms with Crippen LogP contribution in [-0.4, -0.2) is 18.1 Å². The van der Waals surface area contributed by atoms with Gasteiger partial charge >= 0.3 is 6.03 Å². The standard InChI is InChI=1S/C5H6BrN3OS/c1-9(4(7)10)5-8-2-3(6)11-5/h2H,1H3,(H2,7,10). The highest BCUT2D eigenvalue weighted by Crippen LogP contribution is 2.25. The van der Waals surface area contributed by atoms with Gasteiger partial charge in [-0.1, -0.05) is 11.3 Å². The molecule has 0 aromatic carbocycles. The molecule has 0 spiro atoms. The molecule has 1 rings (SSSR count). The zero-order chi connectivity index (χ0) is 8.43. The highest BCUT2D eigenvalue weighted by Gasteiger charge is 2.09. The largest absolute Gasteiger partial charge is 0.351 e. The van der Waals surface area contributed by atoms with Crippen molar-refractivity contribution in [2.24, 2.45) is 5.73 Å². The van der Waals surface area contributed by atoms with E-state index in [2.05, 4.69) is 20.9 Å². The monoisotopic (exact) mass is 235 g/mol. The van der Waals surface area contributed by atoms with Crippen molar-refractivity contribution in [3.05, 3.63) is 9.98 Å². The second-order valence-electron chi connectivity index (χ2n) is 1.84. The van der Waals surface area contributed by atoms with Crippen LogP contribution in [0.15, 0.2) is 9.98 Å². The lowest BCUT2D eigenvalue weighted by Gasteiger charge is -2.08. The number of nitrogens with zero attached hydrogens (tertiary/aromatic N) is 2. The first-order valence-corrected chi connectivity index (χ1v) is 4.36. The van der Waals surface area contributed by atoms with Crippen LogP contribution < -0.4 is 10.6 Å². The van der Waals surface area contributed by atoms with Gasteiger partial charge in [-0.15, -0.1) is 0 Å². The average Bonchev–Trinajstić information content (AvgIpc) is 2.34. The average molecular weight is 236 g/mol. The van der Waals surface area contributed by atoms with E-state index in [-0.39, 0.29) is 0 Å². The second kappa shape index (κ2) is 3.19. The Bertz CT molecular complexity index is 274.